The van der Waals surface area contributed by atoms with E-state index in [0.717, 1.165) is 11.1 Å². The van der Waals surface area contributed by atoms with Crippen molar-refractivity contribution in [2.45, 2.75) is 19.6 Å². The van der Waals surface area contributed by atoms with Gasteiger partial charge in [0.2, 0.25) is 0 Å². The molecule has 6 rings (SSSR count). The molecular formula is C37H30Cl2N2O6S. The highest BCUT2D eigenvalue weighted by Gasteiger charge is 2.35. The minimum absolute atomic E-state index is 0.165. The molecule has 0 fully saturated rings. The van der Waals surface area contributed by atoms with Crippen molar-refractivity contribution in [1.82, 2.24) is 4.57 Å². The third-order valence-corrected chi connectivity index (χ3v) is 9.26. The molecule has 8 nitrogen and oxygen atoms in total. The lowest BCUT2D eigenvalue weighted by Crippen LogP contribution is -2.40. The van der Waals surface area contributed by atoms with E-state index in [0.29, 0.717) is 53.5 Å². The monoisotopic (exact) mass is 700 g/mol. The number of carbonyl (C=O) groups is 1. The number of thiazole rings is 1. The van der Waals surface area contributed by atoms with Crippen LogP contribution < -0.4 is 29.1 Å². The van der Waals surface area contributed by atoms with Crippen LogP contribution in [-0.4, -0.2) is 31.4 Å². The number of hydrogen-bond acceptors (Lipinski definition) is 8. The summed E-state index contributed by atoms with van der Waals surface area (Å²) in [5, 5.41) is 1.04. The van der Waals surface area contributed by atoms with Crippen LogP contribution in [-0.2, 0) is 16.1 Å². The number of rotatable bonds is 10. The lowest BCUT2D eigenvalue weighted by atomic mass is 9.93. The second kappa shape index (κ2) is 14.5. The second-order valence-electron chi connectivity index (χ2n) is 10.6. The lowest BCUT2D eigenvalue weighted by molar-refractivity contribution is -0.138. The maximum absolute atomic E-state index is 14.2. The first-order valence-corrected chi connectivity index (χ1v) is 16.6. The van der Waals surface area contributed by atoms with Gasteiger partial charge in [0.15, 0.2) is 16.3 Å². The Bertz CT molecular complexity index is 2190. The number of ether oxygens (including phenoxy) is 4. The Morgan fingerprint density at radius 2 is 1.71 bits per heavy atom. The molecule has 1 aliphatic heterocycles. The fourth-order valence-electron chi connectivity index (χ4n) is 5.38. The Morgan fingerprint density at radius 1 is 0.938 bits per heavy atom. The van der Waals surface area contributed by atoms with Crippen LogP contribution in [0.25, 0.3) is 11.8 Å². The van der Waals surface area contributed by atoms with Crippen molar-refractivity contribution in [3.63, 3.8) is 0 Å². The Hall–Kier alpha value is -4.83. The molecule has 1 atom stereocenters. The van der Waals surface area contributed by atoms with Crippen LogP contribution in [0.5, 0.6) is 17.2 Å². The molecule has 1 aromatic heterocycles. The summed E-state index contributed by atoms with van der Waals surface area (Å²) in [5.41, 5.74) is 3.35. The normalized spacial score (nSPS) is 14.3. The van der Waals surface area contributed by atoms with Gasteiger partial charge in [-0.3, -0.25) is 9.36 Å². The number of fused-ring (bicyclic) bond motifs is 1. The molecule has 0 spiro atoms. The van der Waals surface area contributed by atoms with Crippen molar-refractivity contribution >= 4 is 52.3 Å². The third-order valence-electron chi connectivity index (χ3n) is 7.69. The average molecular weight is 702 g/mol. The molecule has 11 heteroatoms. The van der Waals surface area contributed by atoms with E-state index in [1.807, 2.05) is 48.5 Å². The van der Waals surface area contributed by atoms with Gasteiger partial charge in [-0.1, -0.05) is 89.1 Å². The first-order valence-electron chi connectivity index (χ1n) is 15.0. The second-order valence-corrected chi connectivity index (χ2v) is 12.5. The number of hydrogen-bond donors (Lipinski definition) is 0. The number of carbonyl (C=O) groups excluding carboxylic acids is 1. The van der Waals surface area contributed by atoms with Crippen molar-refractivity contribution in [3.05, 3.63) is 149 Å². The minimum Gasteiger partial charge on any atom is -0.497 e. The summed E-state index contributed by atoms with van der Waals surface area (Å²) in [7, 11) is 3.13. The Labute approximate surface area is 290 Å². The summed E-state index contributed by atoms with van der Waals surface area (Å²) in [6.07, 6.45) is 1.77. The fourth-order valence-corrected chi connectivity index (χ4v) is 6.84. The molecule has 1 aliphatic rings. The molecule has 0 N–H and O–H groups in total. The predicted octanol–water partition coefficient (Wildman–Crippen LogP) is 6.84. The van der Waals surface area contributed by atoms with Gasteiger partial charge in [0.05, 0.1) is 42.7 Å². The Balaban J connectivity index is 1.46. The van der Waals surface area contributed by atoms with E-state index >= 15 is 0 Å². The maximum Gasteiger partial charge on any atom is 0.338 e. The summed E-state index contributed by atoms with van der Waals surface area (Å²) in [6.45, 7) is 2.12. The molecule has 0 radical (unpaired) electrons. The van der Waals surface area contributed by atoms with E-state index in [9.17, 15) is 9.59 Å². The average Bonchev–Trinajstić information content (AvgIpc) is 3.41. The lowest BCUT2D eigenvalue weighted by Gasteiger charge is -2.26. The summed E-state index contributed by atoms with van der Waals surface area (Å²) >= 11 is 13.6. The fraction of sp³-hybridized carbons (Fsp3) is 0.162. The Morgan fingerprint density at radius 3 is 2.40 bits per heavy atom. The van der Waals surface area contributed by atoms with Gasteiger partial charge >= 0.3 is 5.97 Å². The van der Waals surface area contributed by atoms with Gasteiger partial charge in [-0.05, 0) is 60.5 Å². The van der Waals surface area contributed by atoms with E-state index in [4.69, 9.17) is 47.1 Å². The zero-order chi connectivity index (χ0) is 33.8. The highest BCUT2D eigenvalue weighted by Crippen LogP contribution is 2.36. The molecule has 0 aliphatic carbocycles. The molecule has 0 bridgehead atoms. The summed E-state index contributed by atoms with van der Waals surface area (Å²) in [5.74, 6) is 1.09. The molecule has 0 unspecified atom stereocenters. The van der Waals surface area contributed by atoms with Crippen molar-refractivity contribution < 1.29 is 23.7 Å². The van der Waals surface area contributed by atoms with Crippen LogP contribution in [0.2, 0.25) is 10.0 Å². The quantitative estimate of drug-likeness (QED) is 0.148. The van der Waals surface area contributed by atoms with Gasteiger partial charge < -0.3 is 18.9 Å². The predicted molar refractivity (Wildman–Crippen MR) is 188 cm³/mol. The van der Waals surface area contributed by atoms with Crippen molar-refractivity contribution in [1.29, 1.82) is 0 Å². The molecule has 0 saturated carbocycles. The van der Waals surface area contributed by atoms with Gasteiger partial charge in [0.25, 0.3) is 5.56 Å². The third kappa shape index (κ3) is 6.75. The first kappa shape index (κ1) is 33.1. The molecule has 244 valence electrons. The summed E-state index contributed by atoms with van der Waals surface area (Å²) < 4.78 is 24.5. The highest BCUT2D eigenvalue weighted by molar-refractivity contribution is 7.07. The van der Waals surface area contributed by atoms with Gasteiger partial charge in [-0.2, -0.15) is 0 Å². The number of halogens is 2. The number of nitrogens with zero attached hydrogens (tertiary/aromatic N) is 2. The summed E-state index contributed by atoms with van der Waals surface area (Å²) in [4.78, 5) is 33.2. The van der Waals surface area contributed by atoms with Crippen molar-refractivity contribution in [3.8, 4) is 17.2 Å². The van der Waals surface area contributed by atoms with Crippen molar-refractivity contribution in [2.24, 2.45) is 4.99 Å². The van der Waals surface area contributed by atoms with Crippen LogP contribution >= 0.6 is 34.5 Å². The van der Waals surface area contributed by atoms with Crippen LogP contribution in [0, 0.1) is 0 Å². The van der Waals surface area contributed by atoms with Gasteiger partial charge in [-0.25, -0.2) is 9.79 Å². The van der Waals surface area contributed by atoms with Crippen LogP contribution in [0.1, 0.15) is 35.2 Å². The molecule has 2 heterocycles. The molecule has 0 amide bonds. The van der Waals surface area contributed by atoms with Crippen LogP contribution in [0.4, 0.5) is 0 Å². The van der Waals surface area contributed by atoms with Gasteiger partial charge in [0.1, 0.15) is 12.4 Å². The SMILES string of the molecule is CCOC(=O)C1=C(c2ccccc2)N=c2s/c(=C\c3ccc(OCc4ccc(Cl)cc4Cl)c(OC)c3)c(=O)n2[C@@H]1c1ccc(OC)cc1. The van der Waals surface area contributed by atoms with E-state index in [-0.39, 0.29) is 24.3 Å². The smallest absolute Gasteiger partial charge is 0.338 e. The topological polar surface area (TPSA) is 88.4 Å². The molecular weight excluding hydrogens is 671 g/mol. The van der Waals surface area contributed by atoms with E-state index in [2.05, 4.69) is 0 Å². The largest absolute Gasteiger partial charge is 0.497 e. The first-order chi connectivity index (χ1) is 23.3. The molecule has 5 aromatic rings. The van der Waals surface area contributed by atoms with E-state index < -0.39 is 12.0 Å². The number of esters is 1. The van der Waals surface area contributed by atoms with Crippen molar-refractivity contribution in [2.75, 3.05) is 20.8 Å². The minimum atomic E-state index is -0.798. The Kier molecular flexibility index (Phi) is 10.0. The molecule has 48 heavy (non-hydrogen) atoms. The number of benzene rings is 4. The maximum atomic E-state index is 14.2. The van der Waals surface area contributed by atoms with Crippen LogP contribution in [0.15, 0.2) is 106 Å². The number of aromatic nitrogens is 1. The van der Waals surface area contributed by atoms with Gasteiger partial charge in [0, 0.05) is 21.2 Å². The van der Waals surface area contributed by atoms with E-state index in [1.54, 1.807) is 74.3 Å². The van der Waals surface area contributed by atoms with Gasteiger partial charge in [-0.15, -0.1) is 0 Å². The molecule has 0 saturated heterocycles. The number of methoxy groups -OCH3 is 2. The molecule has 4 aromatic carbocycles. The zero-order valence-corrected chi connectivity index (χ0v) is 28.6. The highest BCUT2D eigenvalue weighted by atomic mass is 35.5. The van der Waals surface area contributed by atoms with E-state index in [1.165, 1.54) is 11.3 Å². The standard InChI is InChI=1S/C37H30Cl2N2O6S/c1-4-46-36(43)32-33(23-8-6-5-7-9-23)40-37-41(34(32)24-12-15-27(44-2)16-13-24)35(42)31(48-37)19-22-10-17-29(30(18-22)45-3)47-21-25-11-14-26(38)20-28(25)39/h5-20,34H,4,21H2,1-3H3/b31-19-/t34-/m1/s1. The van der Waals surface area contributed by atoms with Crippen LogP contribution in [0.3, 0.4) is 0 Å². The zero-order valence-electron chi connectivity index (χ0n) is 26.2. The summed E-state index contributed by atoms with van der Waals surface area (Å²) in [6, 6.07) is 26.5.